The molecule has 23 heavy (non-hydrogen) atoms. The van der Waals surface area contributed by atoms with Crippen molar-refractivity contribution in [2.45, 2.75) is 18.9 Å². The Morgan fingerprint density at radius 3 is 2.70 bits per heavy atom. The summed E-state index contributed by atoms with van der Waals surface area (Å²) in [6.07, 6.45) is 2.71. The molecule has 0 unspecified atom stereocenters. The molecule has 2 rings (SSSR count). The van der Waals surface area contributed by atoms with E-state index < -0.39 is 6.04 Å². The van der Waals surface area contributed by atoms with Gasteiger partial charge in [-0.05, 0) is 35.7 Å². The minimum absolute atomic E-state index is 0. The van der Waals surface area contributed by atoms with Crippen LogP contribution in [0, 0.1) is 0 Å². The van der Waals surface area contributed by atoms with Gasteiger partial charge in [-0.2, -0.15) is 0 Å². The number of halogens is 1. The molecule has 6 nitrogen and oxygen atoms in total. The minimum atomic E-state index is -0.549. The molecule has 0 fully saturated rings. The fraction of sp³-hybridized carbons (Fsp3) is 0.250. The van der Waals surface area contributed by atoms with Crippen LogP contribution in [0.3, 0.4) is 0 Å². The van der Waals surface area contributed by atoms with E-state index in [9.17, 15) is 4.79 Å². The van der Waals surface area contributed by atoms with Gasteiger partial charge in [-0.1, -0.05) is 30.3 Å². The van der Waals surface area contributed by atoms with Gasteiger partial charge in [0, 0.05) is 12.2 Å². The van der Waals surface area contributed by atoms with E-state index in [1.807, 2.05) is 42.5 Å². The average Bonchev–Trinajstić information content (AvgIpc) is 2.54. The number of nitrogens with zero attached hydrogens (tertiary/aromatic N) is 1. The minimum Gasteiger partial charge on any atom is -0.325 e. The summed E-state index contributed by atoms with van der Waals surface area (Å²) in [5, 5.41) is 5.07. The molecule has 0 spiro atoms. The smallest absolute Gasteiger partial charge is 0.241 e. The number of aliphatic imine (C=N–C) groups is 1. The Hall–Kier alpha value is -2.15. The third-order valence-electron chi connectivity index (χ3n) is 3.32. The lowest BCUT2D eigenvalue weighted by atomic mass is 10.1. The van der Waals surface area contributed by atoms with Crippen molar-refractivity contribution in [2.75, 3.05) is 11.9 Å². The molecule has 0 aliphatic carbocycles. The molecule has 1 amide bonds. The van der Waals surface area contributed by atoms with E-state index in [0.717, 1.165) is 22.9 Å². The first-order chi connectivity index (χ1) is 10.7. The molecule has 7 heteroatoms. The molecule has 0 bridgehead atoms. The molecule has 2 aromatic rings. The standard InChI is InChI=1S/C16H21N5O.ClH/c17-15(6-3-9-19-11-20-18)16(22)21-14-8-7-12-4-1-2-5-13(12)10-14;/h1-2,4-5,7-8,10-11,15H,3,6,9,17-18H2,(H,19,20)(H,21,22);1H/t15-;/m0./s1. The first-order valence-electron chi connectivity index (χ1n) is 7.20. The number of hydrogen-bond donors (Lipinski definition) is 4. The number of carbonyl (C=O) groups is 1. The predicted molar refractivity (Wildman–Crippen MR) is 97.7 cm³/mol. The molecule has 0 saturated carbocycles. The third kappa shape index (κ3) is 5.86. The van der Waals surface area contributed by atoms with Gasteiger partial charge in [-0.25, -0.2) is 5.84 Å². The number of carbonyl (C=O) groups excluding carboxylic acids is 1. The Kier molecular flexibility index (Phi) is 8.04. The third-order valence-corrected chi connectivity index (χ3v) is 3.32. The molecular weight excluding hydrogens is 314 g/mol. The van der Waals surface area contributed by atoms with Crippen molar-refractivity contribution in [3.05, 3.63) is 42.5 Å². The van der Waals surface area contributed by atoms with Crippen molar-refractivity contribution >= 4 is 41.1 Å². The van der Waals surface area contributed by atoms with Crippen LogP contribution in [0.1, 0.15) is 12.8 Å². The number of benzene rings is 2. The highest BCUT2D eigenvalue weighted by Crippen LogP contribution is 2.19. The van der Waals surface area contributed by atoms with Gasteiger partial charge in [0.1, 0.15) is 0 Å². The summed E-state index contributed by atoms with van der Waals surface area (Å²) < 4.78 is 0. The van der Waals surface area contributed by atoms with E-state index in [4.69, 9.17) is 11.6 Å². The van der Waals surface area contributed by atoms with Crippen LogP contribution >= 0.6 is 12.4 Å². The summed E-state index contributed by atoms with van der Waals surface area (Å²) in [6.45, 7) is 0.584. The van der Waals surface area contributed by atoms with Gasteiger partial charge >= 0.3 is 0 Å². The van der Waals surface area contributed by atoms with E-state index in [1.54, 1.807) is 0 Å². The molecule has 0 radical (unpaired) electrons. The zero-order chi connectivity index (χ0) is 15.8. The van der Waals surface area contributed by atoms with Crippen LogP contribution in [0.5, 0.6) is 0 Å². The van der Waals surface area contributed by atoms with Gasteiger partial charge < -0.3 is 16.5 Å². The van der Waals surface area contributed by atoms with E-state index in [-0.39, 0.29) is 18.3 Å². The van der Waals surface area contributed by atoms with Crippen LogP contribution in [0.4, 0.5) is 5.69 Å². The second-order valence-electron chi connectivity index (χ2n) is 5.00. The van der Waals surface area contributed by atoms with Gasteiger partial charge in [0.2, 0.25) is 5.91 Å². The number of amides is 1. The fourth-order valence-electron chi connectivity index (χ4n) is 2.15. The number of hydrazine groups is 1. The van der Waals surface area contributed by atoms with Crippen molar-refractivity contribution in [3.8, 4) is 0 Å². The summed E-state index contributed by atoms with van der Waals surface area (Å²) in [7, 11) is 0. The number of rotatable bonds is 7. The molecule has 124 valence electrons. The highest BCUT2D eigenvalue weighted by molar-refractivity contribution is 5.97. The number of hydrogen-bond acceptors (Lipinski definition) is 4. The number of nitrogens with one attached hydrogen (secondary N) is 2. The van der Waals surface area contributed by atoms with Gasteiger partial charge in [0.15, 0.2) is 0 Å². The molecule has 0 aliphatic heterocycles. The Balaban J connectivity index is 0.00000264. The maximum Gasteiger partial charge on any atom is 0.241 e. The molecular formula is C16H22ClN5O. The number of fused-ring (bicyclic) bond motifs is 1. The summed E-state index contributed by atoms with van der Waals surface area (Å²) in [5.41, 5.74) is 8.97. The highest BCUT2D eigenvalue weighted by Gasteiger charge is 2.13. The fourth-order valence-corrected chi connectivity index (χ4v) is 2.15. The second kappa shape index (κ2) is 9.78. The Morgan fingerprint density at radius 1 is 1.22 bits per heavy atom. The quantitative estimate of drug-likeness (QED) is 0.203. The topological polar surface area (TPSA) is 106 Å². The van der Waals surface area contributed by atoms with Crippen molar-refractivity contribution in [1.82, 2.24) is 5.43 Å². The van der Waals surface area contributed by atoms with Gasteiger partial charge in [-0.3, -0.25) is 9.79 Å². The van der Waals surface area contributed by atoms with E-state index >= 15 is 0 Å². The second-order valence-corrected chi connectivity index (χ2v) is 5.00. The lowest BCUT2D eigenvalue weighted by Gasteiger charge is -2.12. The first kappa shape index (κ1) is 18.9. The van der Waals surface area contributed by atoms with Crippen molar-refractivity contribution < 1.29 is 4.79 Å². The molecule has 0 aromatic heterocycles. The Bertz CT molecular complexity index is 662. The van der Waals surface area contributed by atoms with Crippen LogP contribution in [0.25, 0.3) is 10.8 Å². The zero-order valence-corrected chi connectivity index (χ0v) is 13.6. The normalized spacial score (nSPS) is 11.9. The average molecular weight is 336 g/mol. The highest BCUT2D eigenvalue weighted by atomic mass is 35.5. The van der Waals surface area contributed by atoms with Gasteiger partial charge in [-0.15, -0.1) is 12.4 Å². The van der Waals surface area contributed by atoms with Crippen molar-refractivity contribution in [3.63, 3.8) is 0 Å². The summed E-state index contributed by atoms with van der Waals surface area (Å²) >= 11 is 0. The van der Waals surface area contributed by atoms with Crippen LogP contribution in [0.2, 0.25) is 0 Å². The lowest BCUT2D eigenvalue weighted by molar-refractivity contribution is -0.117. The zero-order valence-electron chi connectivity index (χ0n) is 12.7. The van der Waals surface area contributed by atoms with E-state index in [2.05, 4.69) is 15.7 Å². The molecule has 2 aromatic carbocycles. The molecule has 0 saturated heterocycles. The van der Waals surface area contributed by atoms with Gasteiger partial charge in [0.25, 0.3) is 0 Å². The Labute approximate surface area is 141 Å². The Morgan fingerprint density at radius 2 is 1.96 bits per heavy atom. The van der Waals surface area contributed by atoms with E-state index in [0.29, 0.717) is 13.0 Å². The van der Waals surface area contributed by atoms with Crippen molar-refractivity contribution in [2.24, 2.45) is 16.6 Å². The van der Waals surface area contributed by atoms with Gasteiger partial charge in [0.05, 0.1) is 12.4 Å². The maximum atomic E-state index is 12.1. The van der Waals surface area contributed by atoms with E-state index in [1.165, 1.54) is 6.34 Å². The van der Waals surface area contributed by atoms with Crippen LogP contribution in [-0.4, -0.2) is 24.8 Å². The lowest BCUT2D eigenvalue weighted by Crippen LogP contribution is -2.35. The SMILES string of the molecule is Cl.NNC=NCCC[C@H](N)C(=O)Nc1ccc2ccccc2c1. The van der Waals surface area contributed by atoms with Crippen LogP contribution < -0.4 is 22.3 Å². The summed E-state index contributed by atoms with van der Waals surface area (Å²) in [5.74, 6) is 4.87. The molecule has 1 atom stereocenters. The first-order valence-corrected chi connectivity index (χ1v) is 7.20. The molecule has 0 heterocycles. The number of nitrogens with two attached hydrogens (primary N) is 2. The largest absolute Gasteiger partial charge is 0.325 e. The predicted octanol–water partition coefficient (Wildman–Crippen LogP) is 1.80. The van der Waals surface area contributed by atoms with Crippen LogP contribution in [-0.2, 0) is 4.79 Å². The molecule has 0 aliphatic rings. The summed E-state index contributed by atoms with van der Waals surface area (Å²) in [4.78, 5) is 16.1. The van der Waals surface area contributed by atoms with Crippen LogP contribution in [0.15, 0.2) is 47.5 Å². The summed E-state index contributed by atoms with van der Waals surface area (Å²) in [6, 6.07) is 13.2. The maximum absolute atomic E-state index is 12.1. The van der Waals surface area contributed by atoms with Crippen molar-refractivity contribution in [1.29, 1.82) is 0 Å². The monoisotopic (exact) mass is 335 g/mol. The molecule has 6 N–H and O–H groups in total. The number of anilines is 1.